The summed E-state index contributed by atoms with van der Waals surface area (Å²) in [4.78, 5) is 27.2. The zero-order valence-corrected chi connectivity index (χ0v) is 20.5. The van der Waals surface area contributed by atoms with Gasteiger partial charge in [-0.1, -0.05) is 42.5 Å². The van der Waals surface area contributed by atoms with Crippen LogP contribution in [0.3, 0.4) is 0 Å². The lowest BCUT2D eigenvalue weighted by Crippen LogP contribution is -2.29. The molecule has 0 spiro atoms. The van der Waals surface area contributed by atoms with Gasteiger partial charge in [-0.05, 0) is 42.5 Å². The quantitative estimate of drug-likeness (QED) is 0.324. The number of rotatable bonds is 6. The monoisotopic (exact) mass is 503 g/mol. The third-order valence-corrected chi connectivity index (χ3v) is 5.98. The summed E-state index contributed by atoms with van der Waals surface area (Å²) in [6.07, 6.45) is 1.50. The van der Waals surface area contributed by atoms with Crippen LogP contribution in [0.1, 0.15) is 11.1 Å². The van der Waals surface area contributed by atoms with Gasteiger partial charge in [-0.3, -0.25) is 9.59 Å². The summed E-state index contributed by atoms with van der Waals surface area (Å²) in [5, 5.41) is 18.9. The van der Waals surface area contributed by atoms with E-state index in [2.05, 4.69) is 10.2 Å². The highest BCUT2D eigenvalue weighted by molar-refractivity contribution is 5.89. The van der Waals surface area contributed by atoms with E-state index in [1.165, 1.54) is 18.0 Å². The lowest BCUT2D eigenvalue weighted by molar-refractivity contribution is 0.414. The molecule has 5 rings (SSSR count). The first-order valence-corrected chi connectivity index (χ1v) is 11.6. The second kappa shape index (κ2) is 10.2. The van der Waals surface area contributed by atoms with Gasteiger partial charge in [0.2, 0.25) is 0 Å². The Labute approximate surface area is 217 Å². The lowest BCUT2D eigenvalue weighted by atomic mass is 10.1. The molecule has 0 N–H and O–H groups in total. The second-order valence-corrected chi connectivity index (χ2v) is 8.13. The van der Waals surface area contributed by atoms with Gasteiger partial charge in [-0.25, -0.2) is 0 Å². The van der Waals surface area contributed by atoms with E-state index in [0.29, 0.717) is 34.0 Å². The molecule has 0 aliphatic heterocycles. The highest BCUT2D eigenvalue weighted by Gasteiger charge is 2.21. The average molecular weight is 504 g/mol. The number of fused-ring (bicyclic) bond motifs is 1. The Bertz CT molecular complexity index is 1850. The van der Waals surface area contributed by atoms with E-state index in [4.69, 9.17) is 9.47 Å². The van der Waals surface area contributed by atoms with Crippen molar-refractivity contribution >= 4 is 17.1 Å². The predicted molar refractivity (Wildman–Crippen MR) is 144 cm³/mol. The van der Waals surface area contributed by atoms with Crippen molar-refractivity contribution in [3.8, 4) is 34.5 Å². The van der Waals surface area contributed by atoms with E-state index in [1.54, 1.807) is 79.9 Å². The fourth-order valence-electron chi connectivity index (χ4n) is 4.15. The molecule has 0 fully saturated rings. The van der Waals surface area contributed by atoms with Crippen LogP contribution in [0.25, 0.3) is 27.8 Å². The molecule has 38 heavy (non-hydrogen) atoms. The van der Waals surface area contributed by atoms with Gasteiger partial charge in [0.15, 0.2) is 5.52 Å². The summed E-state index contributed by atoms with van der Waals surface area (Å²) in [6.45, 7) is 0. The fourth-order valence-corrected chi connectivity index (χ4v) is 4.15. The van der Waals surface area contributed by atoms with Gasteiger partial charge in [0.1, 0.15) is 23.1 Å². The minimum Gasteiger partial charge on any atom is -0.496 e. The van der Waals surface area contributed by atoms with Crippen LogP contribution < -0.4 is 20.6 Å². The second-order valence-electron chi connectivity index (χ2n) is 8.13. The van der Waals surface area contributed by atoms with Crippen LogP contribution in [-0.4, -0.2) is 34.9 Å². The number of methoxy groups -OCH3 is 2. The summed E-state index contributed by atoms with van der Waals surface area (Å²) in [6, 6.07) is 26.5. The Kier molecular flexibility index (Phi) is 6.53. The number of nitrogens with zero attached hydrogens (tertiary/aromatic N) is 5. The molecule has 0 aliphatic rings. The van der Waals surface area contributed by atoms with E-state index in [9.17, 15) is 14.9 Å². The normalized spacial score (nSPS) is 11.0. The average Bonchev–Trinajstić information content (AvgIpc) is 2.97. The van der Waals surface area contributed by atoms with Crippen LogP contribution in [0.15, 0.2) is 99.6 Å². The topological polar surface area (TPSA) is 112 Å². The zero-order valence-electron chi connectivity index (χ0n) is 20.5. The summed E-state index contributed by atoms with van der Waals surface area (Å²) >= 11 is 0. The van der Waals surface area contributed by atoms with Crippen molar-refractivity contribution in [1.82, 2.24) is 14.5 Å². The molecular weight excluding hydrogens is 482 g/mol. The van der Waals surface area contributed by atoms with Crippen LogP contribution in [-0.2, 0) is 0 Å². The molecule has 0 aliphatic carbocycles. The summed E-state index contributed by atoms with van der Waals surface area (Å²) in [7, 11) is 3.06. The third kappa shape index (κ3) is 4.20. The van der Waals surface area contributed by atoms with Crippen LogP contribution in [0.2, 0.25) is 0 Å². The first-order chi connectivity index (χ1) is 18.6. The molecule has 0 bridgehead atoms. The Morgan fingerprint density at radius 2 is 1.53 bits per heavy atom. The van der Waals surface area contributed by atoms with Gasteiger partial charge in [0.05, 0.1) is 31.8 Å². The zero-order chi connectivity index (χ0) is 26.6. The molecular formula is C29H21N5O4. The van der Waals surface area contributed by atoms with Gasteiger partial charge in [-0.2, -0.15) is 24.8 Å². The summed E-state index contributed by atoms with van der Waals surface area (Å²) < 4.78 is 13.2. The van der Waals surface area contributed by atoms with Crippen LogP contribution in [0.4, 0.5) is 0 Å². The largest absolute Gasteiger partial charge is 0.496 e. The highest BCUT2D eigenvalue weighted by Crippen LogP contribution is 2.31. The van der Waals surface area contributed by atoms with Crippen molar-refractivity contribution in [1.29, 1.82) is 5.26 Å². The van der Waals surface area contributed by atoms with Crippen LogP contribution in [0, 0.1) is 11.3 Å². The highest BCUT2D eigenvalue weighted by atomic mass is 16.5. The van der Waals surface area contributed by atoms with E-state index in [1.807, 2.05) is 18.2 Å². The van der Waals surface area contributed by atoms with Gasteiger partial charge >= 0.3 is 0 Å². The molecule has 0 atom stereocenters. The SMILES string of the molecule is COc1ccccc1/C=N\n1c(-c2ccccc2OC)cc2c(C#N)c(=O)n(-c3ccccc3)nc2c1=O. The summed E-state index contributed by atoms with van der Waals surface area (Å²) in [5.74, 6) is 1.06. The Morgan fingerprint density at radius 3 is 2.24 bits per heavy atom. The molecule has 2 heterocycles. The first kappa shape index (κ1) is 24.2. The van der Waals surface area contributed by atoms with Crippen LogP contribution in [0.5, 0.6) is 11.5 Å². The standard InChI is InChI=1S/C29H21N5O4/c1-37-25-14-8-6-10-19(25)18-31-34-24(21-13-7-9-15-26(21)38-2)16-22-23(17-30)28(35)33(32-27(22)29(34)36)20-11-4-3-5-12-20/h3-16,18H,1-2H3/b31-18-. The van der Waals surface area contributed by atoms with Gasteiger partial charge in [-0.15, -0.1) is 0 Å². The minimum atomic E-state index is -0.633. The Balaban J connectivity index is 1.87. The molecule has 2 aromatic heterocycles. The van der Waals surface area contributed by atoms with E-state index in [0.717, 1.165) is 4.68 Å². The van der Waals surface area contributed by atoms with E-state index >= 15 is 0 Å². The molecule has 0 amide bonds. The minimum absolute atomic E-state index is 0.0826. The molecule has 186 valence electrons. The maximum absolute atomic E-state index is 14.0. The maximum atomic E-state index is 14.0. The van der Waals surface area contributed by atoms with Crippen molar-refractivity contribution in [2.24, 2.45) is 5.10 Å². The fraction of sp³-hybridized carbons (Fsp3) is 0.0690. The number of pyridine rings is 1. The molecule has 0 saturated heterocycles. The number of hydrogen-bond donors (Lipinski definition) is 0. The Hall–Kier alpha value is -5.49. The van der Waals surface area contributed by atoms with Crippen molar-refractivity contribution in [3.63, 3.8) is 0 Å². The first-order valence-electron chi connectivity index (χ1n) is 11.6. The lowest BCUT2D eigenvalue weighted by Gasteiger charge is -2.14. The number of aromatic nitrogens is 3. The number of benzene rings is 3. The van der Waals surface area contributed by atoms with Gasteiger partial charge in [0.25, 0.3) is 11.1 Å². The third-order valence-electron chi connectivity index (χ3n) is 5.98. The number of para-hydroxylation sites is 3. The summed E-state index contributed by atoms with van der Waals surface area (Å²) in [5.41, 5.74) is 0.404. The molecule has 5 aromatic rings. The molecule has 0 unspecified atom stereocenters. The number of ether oxygens (including phenoxy) is 2. The molecule has 0 saturated carbocycles. The van der Waals surface area contributed by atoms with Crippen molar-refractivity contribution in [3.05, 3.63) is 117 Å². The molecule has 0 radical (unpaired) electrons. The molecule has 9 nitrogen and oxygen atoms in total. The molecule has 9 heteroatoms. The molecule has 3 aromatic carbocycles. The van der Waals surface area contributed by atoms with Crippen LogP contribution >= 0.6 is 0 Å². The van der Waals surface area contributed by atoms with Crippen molar-refractivity contribution in [2.75, 3.05) is 14.2 Å². The predicted octanol–water partition coefficient (Wildman–Crippen LogP) is 3.99. The smallest absolute Gasteiger partial charge is 0.299 e. The van der Waals surface area contributed by atoms with Crippen molar-refractivity contribution in [2.45, 2.75) is 0 Å². The van der Waals surface area contributed by atoms with E-state index in [-0.39, 0.29) is 16.5 Å². The number of hydrogen-bond acceptors (Lipinski definition) is 7. The van der Waals surface area contributed by atoms with Crippen molar-refractivity contribution < 1.29 is 9.47 Å². The maximum Gasteiger partial charge on any atom is 0.299 e. The Morgan fingerprint density at radius 1 is 0.868 bits per heavy atom. The van der Waals surface area contributed by atoms with E-state index < -0.39 is 11.1 Å². The number of nitriles is 1. The van der Waals surface area contributed by atoms with Gasteiger partial charge < -0.3 is 9.47 Å². The van der Waals surface area contributed by atoms with Gasteiger partial charge in [0, 0.05) is 16.5 Å².